The standard InChI is InChI=1S/C25H32O15/c1-9-4-16(27)38-13-5-10(2-3-11(9)13)37-23-21(32)18(29)14(7-35-23)40-25-22(33)19(30)15(8-36-25)39-24-20(31)17(28)12(26)6-34-24/h2-5,12,14-15,17-26,28-33H,6-8H2,1H3. The predicted octanol–water partition coefficient (Wildman–Crippen LogP) is -3.15. The molecular formula is C25H32O15. The van der Waals surface area contributed by atoms with Gasteiger partial charge in [-0.05, 0) is 24.6 Å². The Bertz CT molecular complexity index is 1220. The molecule has 5 rings (SSSR count). The summed E-state index contributed by atoms with van der Waals surface area (Å²) in [5.41, 5.74) is 0.466. The first-order valence-corrected chi connectivity index (χ1v) is 12.7. The van der Waals surface area contributed by atoms with E-state index in [1.807, 2.05) is 0 Å². The van der Waals surface area contributed by atoms with E-state index in [1.54, 1.807) is 19.1 Å². The monoisotopic (exact) mass is 572 g/mol. The molecule has 3 fully saturated rings. The third-order valence-electron chi connectivity index (χ3n) is 7.12. The summed E-state index contributed by atoms with van der Waals surface area (Å²) in [4.78, 5) is 11.7. The molecule has 0 aliphatic carbocycles. The van der Waals surface area contributed by atoms with E-state index >= 15 is 0 Å². The number of rotatable bonds is 6. The molecule has 1 aromatic heterocycles. The lowest BCUT2D eigenvalue weighted by Gasteiger charge is -2.43. The summed E-state index contributed by atoms with van der Waals surface area (Å²) >= 11 is 0. The molecule has 40 heavy (non-hydrogen) atoms. The summed E-state index contributed by atoms with van der Waals surface area (Å²) < 4.78 is 38.0. The van der Waals surface area contributed by atoms with Crippen molar-refractivity contribution in [2.75, 3.05) is 19.8 Å². The van der Waals surface area contributed by atoms with Crippen molar-refractivity contribution < 1.29 is 68.6 Å². The molecule has 0 bridgehead atoms. The molecule has 0 spiro atoms. The van der Waals surface area contributed by atoms with Crippen LogP contribution in [0.15, 0.2) is 33.5 Å². The Labute approximate surface area is 226 Å². The lowest BCUT2D eigenvalue weighted by Crippen LogP contribution is -2.61. The van der Waals surface area contributed by atoms with E-state index in [0.717, 1.165) is 5.56 Å². The average molecular weight is 573 g/mol. The number of aliphatic hydroxyl groups excluding tert-OH is 7. The first-order chi connectivity index (χ1) is 19.0. The van der Waals surface area contributed by atoms with Crippen molar-refractivity contribution in [1.29, 1.82) is 0 Å². The molecule has 0 radical (unpaired) electrons. The van der Waals surface area contributed by atoms with E-state index < -0.39 is 79.4 Å². The van der Waals surface area contributed by atoms with Crippen LogP contribution in [-0.4, -0.2) is 129 Å². The van der Waals surface area contributed by atoms with Gasteiger partial charge in [-0.1, -0.05) is 0 Å². The van der Waals surface area contributed by atoms with Crippen molar-refractivity contribution in [3.8, 4) is 5.75 Å². The van der Waals surface area contributed by atoms with Gasteiger partial charge in [0.05, 0.1) is 19.8 Å². The van der Waals surface area contributed by atoms with Crippen molar-refractivity contribution in [1.82, 2.24) is 0 Å². The normalized spacial score (nSPS) is 40.7. The first-order valence-electron chi connectivity index (χ1n) is 12.7. The molecule has 12 unspecified atom stereocenters. The molecule has 1 aromatic carbocycles. The number of hydrogen-bond donors (Lipinski definition) is 7. The molecule has 4 heterocycles. The minimum Gasteiger partial charge on any atom is -0.462 e. The first kappa shape index (κ1) is 29.2. The highest BCUT2D eigenvalue weighted by Crippen LogP contribution is 2.29. The number of aliphatic hydroxyl groups is 7. The van der Waals surface area contributed by atoms with Gasteiger partial charge in [0.2, 0.25) is 6.29 Å². The zero-order valence-electron chi connectivity index (χ0n) is 21.3. The average Bonchev–Trinajstić information content (AvgIpc) is 2.92. The van der Waals surface area contributed by atoms with Gasteiger partial charge in [0.25, 0.3) is 0 Å². The minimum absolute atomic E-state index is 0.214. The van der Waals surface area contributed by atoms with Crippen molar-refractivity contribution in [3.05, 3.63) is 40.2 Å². The van der Waals surface area contributed by atoms with Gasteiger partial charge in [-0.15, -0.1) is 0 Å². The lowest BCUT2D eigenvalue weighted by molar-refractivity contribution is -0.345. The van der Waals surface area contributed by atoms with Crippen LogP contribution in [0.1, 0.15) is 5.56 Å². The number of hydrogen-bond acceptors (Lipinski definition) is 15. The van der Waals surface area contributed by atoms with Crippen LogP contribution >= 0.6 is 0 Å². The molecule has 15 heteroatoms. The number of aryl methyl sites for hydroxylation is 1. The minimum atomic E-state index is -1.68. The molecule has 3 saturated heterocycles. The SMILES string of the molecule is Cc1cc(=O)oc2cc(OC3OCC(OC4OCC(OC5OCC(O)C(O)C5O)C(O)C4O)C(O)C3O)ccc12. The smallest absolute Gasteiger partial charge is 0.336 e. The van der Waals surface area contributed by atoms with Crippen molar-refractivity contribution >= 4 is 11.0 Å². The Morgan fingerprint density at radius 1 is 0.700 bits per heavy atom. The Hall–Kier alpha value is -2.25. The van der Waals surface area contributed by atoms with Crippen LogP contribution in [0.25, 0.3) is 11.0 Å². The zero-order chi connectivity index (χ0) is 28.7. The fraction of sp³-hybridized carbons (Fsp3) is 0.640. The van der Waals surface area contributed by atoms with Gasteiger partial charge in [0, 0.05) is 17.5 Å². The fourth-order valence-electron chi connectivity index (χ4n) is 4.75. The van der Waals surface area contributed by atoms with E-state index in [1.165, 1.54) is 12.1 Å². The fourth-order valence-corrected chi connectivity index (χ4v) is 4.75. The van der Waals surface area contributed by atoms with E-state index in [4.69, 9.17) is 32.8 Å². The second-order valence-corrected chi connectivity index (χ2v) is 9.99. The third-order valence-corrected chi connectivity index (χ3v) is 7.12. The lowest BCUT2D eigenvalue weighted by atomic mass is 10.0. The quantitative estimate of drug-likeness (QED) is 0.170. The van der Waals surface area contributed by atoms with Crippen LogP contribution < -0.4 is 10.4 Å². The van der Waals surface area contributed by atoms with Crippen LogP contribution in [0.3, 0.4) is 0 Å². The second kappa shape index (κ2) is 11.9. The zero-order valence-corrected chi connectivity index (χ0v) is 21.3. The maximum absolute atomic E-state index is 11.7. The van der Waals surface area contributed by atoms with Gasteiger partial charge in [-0.2, -0.15) is 0 Å². The molecule has 15 nitrogen and oxygen atoms in total. The van der Waals surface area contributed by atoms with E-state index in [9.17, 15) is 40.5 Å². The summed E-state index contributed by atoms with van der Waals surface area (Å²) in [5.74, 6) is 0.214. The van der Waals surface area contributed by atoms with Crippen LogP contribution in [0.2, 0.25) is 0 Å². The summed E-state index contributed by atoms with van der Waals surface area (Å²) in [6, 6.07) is 6.09. The predicted molar refractivity (Wildman–Crippen MR) is 129 cm³/mol. The largest absolute Gasteiger partial charge is 0.462 e. The molecule has 3 aliphatic heterocycles. The van der Waals surface area contributed by atoms with Crippen molar-refractivity contribution in [3.63, 3.8) is 0 Å². The molecule has 2 aromatic rings. The van der Waals surface area contributed by atoms with Gasteiger partial charge >= 0.3 is 5.63 Å². The Morgan fingerprint density at radius 2 is 1.25 bits per heavy atom. The maximum Gasteiger partial charge on any atom is 0.336 e. The number of benzene rings is 1. The van der Waals surface area contributed by atoms with Gasteiger partial charge in [-0.25, -0.2) is 4.79 Å². The molecule has 222 valence electrons. The number of fused-ring (bicyclic) bond motifs is 1. The van der Waals surface area contributed by atoms with Crippen molar-refractivity contribution in [2.45, 2.75) is 80.7 Å². The van der Waals surface area contributed by atoms with E-state index in [0.29, 0.717) is 5.39 Å². The highest BCUT2D eigenvalue weighted by atomic mass is 16.7. The summed E-state index contributed by atoms with van der Waals surface area (Å²) in [5, 5.41) is 72.4. The van der Waals surface area contributed by atoms with Gasteiger partial charge in [-0.3, -0.25) is 0 Å². The molecule has 0 saturated carbocycles. The van der Waals surface area contributed by atoms with Crippen LogP contribution in [0.5, 0.6) is 5.75 Å². The van der Waals surface area contributed by atoms with Crippen LogP contribution in [-0.2, 0) is 23.7 Å². The molecule has 12 atom stereocenters. The Balaban J connectivity index is 1.16. The second-order valence-electron chi connectivity index (χ2n) is 9.99. The third kappa shape index (κ3) is 5.87. The van der Waals surface area contributed by atoms with Crippen LogP contribution in [0.4, 0.5) is 0 Å². The molecule has 3 aliphatic rings. The van der Waals surface area contributed by atoms with E-state index in [-0.39, 0.29) is 31.2 Å². The maximum atomic E-state index is 11.7. The van der Waals surface area contributed by atoms with Gasteiger partial charge in [0.1, 0.15) is 66.3 Å². The van der Waals surface area contributed by atoms with Crippen molar-refractivity contribution in [2.24, 2.45) is 0 Å². The van der Waals surface area contributed by atoms with Gasteiger partial charge < -0.3 is 68.6 Å². The Kier molecular flexibility index (Phi) is 8.72. The summed E-state index contributed by atoms with van der Waals surface area (Å²) in [7, 11) is 0. The molecule has 7 N–H and O–H groups in total. The highest BCUT2D eigenvalue weighted by molar-refractivity contribution is 5.81. The number of ether oxygens (including phenoxy) is 6. The van der Waals surface area contributed by atoms with Gasteiger partial charge in [0.15, 0.2) is 12.6 Å². The summed E-state index contributed by atoms with van der Waals surface area (Å²) in [6.07, 6.45) is -17.4. The molecular weight excluding hydrogens is 540 g/mol. The molecule has 0 amide bonds. The Morgan fingerprint density at radius 3 is 1.90 bits per heavy atom. The topological polar surface area (TPSA) is 227 Å². The summed E-state index contributed by atoms with van der Waals surface area (Å²) in [6.45, 7) is 0.833. The highest BCUT2D eigenvalue weighted by Gasteiger charge is 2.48. The van der Waals surface area contributed by atoms with E-state index in [2.05, 4.69) is 0 Å². The van der Waals surface area contributed by atoms with Crippen LogP contribution in [0, 0.1) is 6.92 Å².